The lowest BCUT2D eigenvalue weighted by Gasteiger charge is -2.47. The van der Waals surface area contributed by atoms with E-state index in [2.05, 4.69) is 41.6 Å². The van der Waals surface area contributed by atoms with Gasteiger partial charge in [0.25, 0.3) is 5.91 Å². The van der Waals surface area contributed by atoms with Crippen molar-refractivity contribution in [1.82, 2.24) is 30.2 Å². The fourth-order valence-electron chi connectivity index (χ4n) is 8.03. The molecular weight excluding hydrogens is 624 g/mol. The SMILES string of the molecule is O=C1CCC(N2Cc3cc(OCCN4CCC(CN5CCN6c7cc(-c8ccccc8O)nnc7NC[C@H]6C5)CC4)ccc3C2=O)C(=O)N1. The molecule has 13 nitrogen and oxygen atoms in total. The second-order valence-corrected chi connectivity index (χ2v) is 13.8. The van der Waals surface area contributed by atoms with Gasteiger partial charge in [0, 0.05) is 63.4 Å². The van der Waals surface area contributed by atoms with Gasteiger partial charge in [0.15, 0.2) is 5.82 Å². The summed E-state index contributed by atoms with van der Waals surface area (Å²) < 4.78 is 6.11. The van der Waals surface area contributed by atoms with Gasteiger partial charge in [-0.25, -0.2) is 0 Å². The average molecular weight is 667 g/mol. The van der Waals surface area contributed by atoms with Crippen molar-refractivity contribution in [3.8, 4) is 22.8 Å². The molecule has 3 N–H and O–H groups in total. The standard InChI is InChI=1S/C36H42N8O5/c45-32-4-2-1-3-28(32)29-18-31-34(40-39-29)37-19-25-22-42(13-14-43(25)31)20-23-9-11-41(12-10-23)15-16-49-26-5-6-27-24(17-26)21-44(36(27)48)30-7-8-33(46)38-35(30)47/h1-6,17-18,23,25,30,45H,7-16,19-22H2,(H,37,40)(H,38,46,47)/t25-,30?/m0/s1. The van der Waals surface area contributed by atoms with Crippen LogP contribution in [0.25, 0.3) is 11.3 Å². The van der Waals surface area contributed by atoms with Crippen LogP contribution >= 0.6 is 0 Å². The molecule has 6 heterocycles. The summed E-state index contributed by atoms with van der Waals surface area (Å²) in [6.07, 6.45) is 2.94. The zero-order chi connectivity index (χ0) is 33.5. The Labute approximate surface area is 285 Å². The lowest BCUT2D eigenvalue weighted by molar-refractivity contribution is -0.136. The first-order valence-electron chi connectivity index (χ1n) is 17.4. The molecule has 256 valence electrons. The molecule has 0 bridgehead atoms. The van der Waals surface area contributed by atoms with E-state index < -0.39 is 11.9 Å². The maximum atomic E-state index is 13.0. The quantitative estimate of drug-likeness (QED) is 0.305. The number of piperazine rings is 1. The zero-order valence-electron chi connectivity index (χ0n) is 27.5. The van der Waals surface area contributed by atoms with Crippen molar-refractivity contribution >= 4 is 29.2 Å². The Hall–Kier alpha value is -4.75. The summed E-state index contributed by atoms with van der Waals surface area (Å²) in [6.45, 7) is 8.79. The minimum Gasteiger partial charge on any atom is -0.507 e. The maximum Gasteiger partial charge on any atom is 0.255 e. The molecule has 0 spiro atoms. The number of aromatic nitrogens is 2. The number of benzene rings is 2. The van der Waals surface area contributed by atoms with E-state index in [0.29, 0.717) is 48.4 Å². The highest BCUT2D eigenvalue weighted by Crippen LogP contribution is 2.36. The Balaban J connectivity index is 0.783. The third kappa shape index (κ3) is 6.40. The third-order valence-electron chi connectivity index (χ3n) is 10.7. The number of aromatic hydroxyl groups is 1. The van der Waals surface area contributed by atoms with E-state index in [9.17, 15) is 19.5 Å². The van der Waals surface area contributed by atoms with Crippen molar-refractivity contribution < 1.29 is 24.2 Å². The molecule has 1 aromatic heterocycles. The number of hydrogen-bond donors (Lipinski definition) is 3. The van der Waals surface area contributed by atoms with E-state index in [1.165, 1.54) is 12.8 Å². The number of para-hydroxylation sites is 1. The maximum absolute atomic E-state index is 13.0. The number of carbonyl (C=O) groups excluding carboxylic acids is 3. The number of phenolic OH excluding ortho intramolecular Hbond substituents is 1. The molecule has 8 rings (SSSR count). The van der Waals surface area contributed by atoms with Gasteiger partial charge in [0.1, 0.15) is 24.1 Å². The number of phenols is 1. The van der Waals surface area contributed by atoms with Crippen molar-refractivity contribution in [2.24, 2.45) is 5.92 Å². The van der Waals surface area contributed by atoms with Crippen LogP contribution in [0.15, 0.2) is 48.5 Å². The number of piperidine rings is 2. The summed E-state index contributed by atoms with van der Waals surface area (Å²) in [5, 5.41) is 25.0. The van der Waals surface area contributed by atoms with Gasteiger partial charge in [-0.1, -0.05) is 12.1 Å². The minimum atomic E-state index is -0.614. The molecule has 5 aliphatic rings. The van der Waals surface area contributed by atoms with Crippen LogP contribution in [0.2, 0.25) is 0 Å². The Bertz CT molecular complexity index is 1760. The predicted molar refractivity (Wildman–Crippen MR) is 182 cm³/mol. The second kappa shape index (κ2) is 13.3. The van der Waals surface area contributed by atoms with Crippen LogP contribution in [-0.4, -0.2) is 119 Å². The highest BCUT2D eigenvalue weighted by molar-refractivity contribution is 6.05. The van der Waals surface area contributed by atoms with Crippen molar-refractivity contribution in [2.75, 3.05) is 69.2 Å². The minimum absolute atomic E-state index is 0.171. The average Bonchev–Trinajstić information content (AvgIpc) is 3.43. The number of ether oxygens (including phenoxy) is 1. The summed E-state index contributed by atoms with van der Waals surface area (Å²) in [4.78, 5) is 46.0. The molecule has 3 aromatic rings. The molecule has 3 fully saturated rings. The Morgan fingerprint density at radius 2 is 1.76 bits per heavy atom. The van der Waals surface area contributed by atoms with Crippen LogP contribution in [0.3, 0.4) is 0 Å². The van der Waals surface area contributed by atoms with Crippen LogP contribution in [0.4, 0.5) is 11.5 Å². The topological polar surface area (TPSA) is 143 Å². The normalized spacial score (nSPS) is 23.1. The van der Waals surface area contributed by atoms with Crippen molar-refractivity contribution in [1.29, 1.82) is 0 Å². The predicted octanol–water partition coefficient (Wildman–Crippen LogP) is 2.32. The fourth-order valence-corrected chi connectivity index (χ4v) is 8.03. The highest BCUT2D eigenvalue weighted by atomic mass is 16.5. The lowest BCUT2D eigenvalue weighted by Crippen LogP contribution is -2.58. The zero-order valence-corrected chi connectivity index (χ0v) is 27.5. The van der Waals surface area contributed by atoms with Crippen LogP contribution in [0.5, 0.6) is 11.5 Å². The summed E-state index contributed by atoms with van der Waals surface area (Å²) in [7, 11) is 0. The lowest BCUT2D eigenvalue weighted by atomic mass is 9.95. The molecule has 3 amide bonds. The van der Waals surface area contributed by atoms with Gasteiger partial charge in [0.05, 0.1) is 17.4 Å². The number of nitrogens with zero attached hydrogens (tertiary/aromatic N) is 6. The number of fused-ring (bicyclic) bond motifs is 4. The molecule has 2 aromatic carbocycles. The highest BCUT2D eigenvalue weighted by Gasteiger charge is 2.39. The first kappa shape index (κ1) is 31.5. The van der Waals surface area contributed by atoms with Gasteiger partial charge in [-0.3, -0.25) is 29.5 Å². The van der Waals surface area contributed by atoms with E-state index in [1.807, 2.05) is 30.3 Å². The Kier molecular flexibility index (Phi) is 8.54. The summed E-state index contributed by atoms with van der Waals surface area (Å²) in [5.74, 6) is 1.56. The largest absolute Gasteiger partial charge is 0.507 e. The van der Waals surface area contributed by atoms with E-state index in [4.69, 9.17) is 4.74 Å². The molecular formula is C36H42N8O5. The van der Waals surface area contributed by atoms with Gasteiger partial charge in [0.2, 0.25) is 11.8 Å². The molecule has 0 radical (unpaired) electrons. The molecule has 49 heavy (non-hydrogen) atoms. The van der Waals surface area contributed by atoms with Crippen LogP contribution < -0.4 is 20.3 Å². The van der Waals surface area contributed by atoms with Crippen molar-refractivity contribution in [3.63, 3.8) is 0 Å². The molecule has 5 aliphatic heterocycles. The first-order chi connectivity index (χ1) is 23.9. The summed E-state index contributed by atoms with van der Waals surface area (Å²) in [5.41, 5.74) is 3.88. The van der Waals surface area contributed by atoms with Crippen LogP contribution in [-0.2, 0) is 16.1 Å². The number of rotatable bonds is 8. The third-order valence-corrected chi connectivity index (χ3v) is 10.7. The summed E-state index contributed by atoms with van der Waals surface area (Å²) in [6, 6.07) is 14.6. The molecule has 1 unspecified atom stereocenters. The number of carbonyl (C=O) groups is 3. The number of imide groups is 1. The van der Waals surface area contributed by atoms with E-state index in [0.717, 1.165) is 75.2 Å². The van der Waals surface area contributed by atoms with Gasteiger partial charge < -0.3 is 25.0 Å². The van der Waals surface area contributed by atoms with Crippen LogP contribution in [0.1, 0.15) is 41.6 Å². The Morgan fingerprint density at radius 3 is 2.59 bits per heavy atom. The summed E-state index contributed by atoms with van der Waals surface area (Å²) >= 11 is 0. The molecule has 3 saturated heterocycles. The molecule has 2 atom stereocenters. The second-order valence-electron chi connectivity index (χ2n) is 13.8. The number of nitrogens with one attached hydrogen (secondary N) is 2. The fraction of sp³-hybridized carbons (Fsp3) is 0.472. The number of amides is 3. The van der Waals surface area contributed by atoms with Gasteiger partial charge >= 0.3 is 0 Å². The monoisotopic (exact) mass is 666 g/mol. The number of likely N-dealkylation sites (tertiary alicyclic amines) is 1. The number of hydrogen-bond acceptors (Lipinski definition) is 11. The molecule has 13 heteroatoms. The van der Waals surface area contributed by atoms with Crippen molar-refractivity contribution in [2.45, 2.75) is 44.3 Å². The Morgan fingerprint density at radius 1 is 0.898 bits per heavy atom. The van der Waals surface area contributed by atoms with E-state index in [-0.39, 0.29) is 24.0 Å². The smallest absolute Gasteiger partial charge is 0.255 e. The van der Waals surface area contributed by atoms with Crippen molar-refractivity contribution in [3.05, 3.63) is 59.7 Å². The van der Waals surface area contributed by atoms with Crippen LogP contribution in [0, 0.1) is 5.92 Å². The first-order valence-corrected chi connectivity index (χ1v) is 17.4. The van der Waals surface area contributed by atoms with Gasteiger partial charge in [-0.15, -0.1) is 10.2 Å². The number of anilines is 2. The molecule has 0 saturated carbocycles. The van der Waals surface area contributed by atoms with Gasteiger partial charge in [-0.05, 0) is 80.2 Å². The molecule has 0 aliphatic carbocycles. The van der Waals surface area contributed by atoms with E-state index >= 15 is 0 Å². The van der Waals surface area contributed by atoms with E-state index in [1.54, 1.807) is 17.0 Å². The van der Waals surface area contributed by atoms with Gasteiger partial charge in [-0.2, -0.15) is 0 Å².